The Labute approximate surface area is 150 Å². The lowest BCUT2D eigenvalue weighted by Crippen LogP contribution is -2.20. The van der Waals surface area contributed by atoms with Gasteiger partial charge in [-0.05, 0) is 24.1 Å². The van der Waals surface area contributed by atoms with Crippen LogP contribution in [0, 0.1) is 0 Å². The highest BCUT2D eigenvalue weighted by Gasteiger charge is 2.20. The molecule has 5 nitrogen and oxygen atoms in total. The Balaban J connectivity index is 1.78. The number of rotatable bonds is 6. The van der Waals surface area contributed by atoms with Gasteiger partial charge in [-0.15, -0.1) is 10.2 Å². The first-order valence-electron chi connectivity index (χ1n) is 8.05. The molecule has 2 aromatic carbocycles. The smallest absolute Gasteiger partial charge is 0.233 e. The van der Waals surface area contributed by atoms with Gasteiger partial charge >= 0.3 is 0 Å². The second kappa shape index (κ2) is 7.90. The molecule has 25 heavy (non-hydrogen) atoms. The van der Waals surface area contributed by atoms with E-state index in [9.17, 15) is 4.79 Å². The highest BCUT2D eigenvalue weighted by Crippen LogP contribution is 2.33. The van der Waals surface area contributed by atoms with Gasteiger partial charge < -0.3 is 4.74 Å². The molecule has 1 amide bonds. The van der Waals surface area contributed by atoms with Crippen molar-refractivity contribution in [2.24, 2.45) is 0 Å². The number of carbonyl (C=O) groups excluding carboxylic acids is 1. The minimum atomic E-state index is -0.209. The van der Waals surface area contributed by atoms with Gasteiger partial charge in [-0.2, -0.15) is 0 Å². The van der Waals surface area contributed by atoms with Crippen molar-refractivity contribution in [2.75, 3.05) is 12.4 Å². The van der Waals surface area contributed by atoms with E-state index in [0.717, 1.165) is 16.9 Å². The second-order valence-electron chi connectivity index (χ2n) is 5.47. The fourth-order valence-corrected chi connectivity index (χ4v) is 3.43. The lowest BCUT2D eigenvalue weighted by Gasteiger charge is -2.13. The van der Waals surface area contributed by atoms with Crippen molar-refractivity contribution in [1.29, 1.82) is 0 Å². The number of nitrogens with zero attached hydrogens (tertiary/aromatic N) is 2. The Hall–Kier alpha value is -2.73. The van der Waals surface area contributed by atoms with Crippen LogP contribution in [0.1, 0.15) is 24.8 Å². The van der Waals surface area contributed by atoms with Crippen molar-refractivity contribution < 1.29 is 9.53 Å². The molecule has 0 spiro atoms. The lowest BCUT2D eigenvalue weighted by atomic mass is 9.96. The molecule has 0 unspecified atom stereocenters. The molecule has 1 atom stereocenters. The van der Waals surface area contributed by atoms with E-state index >= 15 is 0 Å². The van der Waals surface area contributed by atoms with E-state index in [1.54, 1.807) is 7.11 Å². The Kier molecular flexibility index (Phi) is 5.40. The normalized spacial score (nSPS) is 11.8. The highest BCUT2D eigenvalue weighted by molar-refractivity contribution is 7.18. The maximum absolute atomic E-state index is 12.6. The van der Waals surface area contributed by atoms with Crippen molar-refractivity contribution in [3.63, 3.8) is 0 Å². The Morgan fingerprint density at radius 3 is 2.56 bits per heavy atom. The quantitative estimate of drug-likeness (QED) is 0.716. The monoisotopic (exact) mass is 353 g/mol. The molecule has 6 heteroatoms. The predicted octanol–water partition coefficient (Wildman–Crippen LogP) is 4.35. The molecule has 1 heterocycles. The molecule has 3 rings (SSSR count). The van der Waals surface area contributed by atoms with E-state index in [-0.39, 0.29) is 11.8 Å². The molecule has 0 saturated carbocycles. The summed E-state index contributed by atoms with van der Waals surface area (Å²) < 4.78 is 5.36. The number of aromatic nitrogens is 2. The standard InChI is InChI=1S/C19H19N3O2S/c1-3-14(13-9-5-4-6-10-13)17(23)20-19-22-21-18(25-19)15-11-7-8-12-16(15)24-2/h4-12,14H,3H2,1-2H3,(H,20,22,23)/t14-/m0/s1. The summed E-state index contributed by atoms with van der Waals surface area (Å²) in [6.07, 6.45) is 0.716. The molecular weight excluding hydrogens is 334 g/mol. The summed E-state index contributed by atoms with van der Waals surface area (Å²) in [6.45, 7) is 2.00. The molecular formula is C19H19N3O2S. The maximum atomic E-state index is 12.6. The third-order valence-corrected chi connectivity index (χ3v) is 4.79. The van der Waals surface area contributed by atoms with Gasteiger partial charge in [-0.1, -0.05) is 60.7 Å². The first-order chi connectivity index (χ1) is 12.2. The van der Waals surface area contributed by atoms with Crippen molar-refractivity contribution in [1.82, 2.24) is 10.2 Å². The number of hydrogen-bond donors (Lipinski definition) is 1. The number of ether oxygens (including phenoxy) is 1. The topological polar surface area (TPSA) is 64.1 Å². The summed E-state index contributed by atoms with van der Waals surface area (Å²) in [5.41, 5.74) is 1.86. The van der Waals surface area contributed by atoms with E-state index in [2.05, 4.69) is 15.5 Å². The van der Waals surface area contributed by atoms with E-state index < -0.39 is 0 Å². The Morgan fingerprint density at radius 1 is 1.12 bits per heavy atom. The summed E-state index contributed by atoms with van der Waals surface area (Å²) in [5.74, 6) is 0.448. The van der Waals surface area contributed by atoms with Gasteiger partial charge in [-0.25, -0.2) is 0 Å². The van der Waals surface area contributed by atoms with Gasteiger partial charge in [0.05, 0.1) is 18.6 Å². The molecule has 1 N–H and O–H groups in total. The Bertz CT molecular complexity index is 849. The summed E-state index contributed by atoms with van der Waals surface area (Å²) in [5, 5.41) is 12.4. The molecule has 0 bridgehead atoms. The van der Waals surface area contributed by atoms with Crippen LogP contribution in [0.15, 0.2) is 54.6 Å². The van der Waals surface area contributed by atoms with Crippen LogP contribution in [0.4, 0.5) is 5.13 Å². The van der Waals surface area contributed by atoms with Gasteiger partial charge in [0.1, 0.15) is 5.75 Å². The van der Waals surface area contributed by atoms with Crippen LogP contribution in [-0.4, -0.2) is 23.2 Å². The summed E-state index contributed by atoms with van der Waals surface area (Å²) >= 11 is 1.33. The third-order valence-electron chi connectivity index (χ3n) is 3.92. The molecule has 1 aromatic heterocycles. The lowest BCUT2D eigenvalue weighted by molar-refractivity contribution is -0.117. The number of hydrogen-bond acceptors (Lipinski definition) is 5. The number of nitrogens with one attached hydrogen (secondary N) is 1. The number of methoxy groups -OCH3 is 1. The largest absolute Gasteiger partial charge is 0.496 e. The first-order valence-corrected chi connectivity index (χ1v) is 8.87. The van der Waals surface area contributed by atoms with Crippen LogP contribution < -0.4 is 10.1 Å². The number of carbonyl (C=O) groups is 1. The second-order valence-corrected chi connectivity index (χ2v) is 6.45. The number of para-hydroxylation sites is 1. The average Bonchev–Trinajstić information content (AvgIpc) is 3.11. The number of amides is 1. The van der Waals surface area contributed by atoms with Crippen LogP contribution >= 0.6 is 11.3 Å². The minimum absolute atomic E-state index is 0.0728. The molecule has 0 saturated heterocycles. The van der Waals surface area contributed by atoms with Crippen molar-refractivity contribution in [3.05, 3.63) is 60.2 Å². The summed E-state index contributed by atoms with van der Waals surface area (Å²) in [4.78, 5) is 12.6. The minimum Gasteiger partial charge on any atom is -0.496 e. The van der Waals surface area contributed by atoms with Crippen LogP contribution in [0.3, 0.4) is 0 Å². The van der Waals surface area contributed by atoms with Crippen molar-refractivity contribution >= 4 is 22.4 Å². The molecule has 3 aromatic rings. The molecule has 0 fully saturated rings. The van der Waals surface area contributed by atoms with Gasteiger partial charge in [0.25, 0.3) is 0 Å². The molecule has 0 radical (unpaired) electrons. The predicted molar refractivity (Wildman–Crippen MR) is 100 cm³/mol. The fraction of sp³-hybridized carbons (Fsp3) is 0.211. The first kappa shape index (κ1) is 17.1. The van der Waals surface area contributed by atoms with Crippen LogP contribution in [0.25, 0.3) is 10.6 Å². The van der Waals surface area contributed by atoms with E-state index in [0.29, 0.717) is 16.6 Å². The average molecular weight is 353 g/mol. The van der Waals surface area contributed by atoms with E-state index in [1.165, 1.54) is 11.3 Å². The Morgan fingerprint density at radius 2 is 1.84 bits per heavy atom. The summed E-state index contributed by atoms with van der Waals surface area (Å²) in [6, 6.07) is 17.4. The van der Waals surface area contributed by atoms with Crippen LogP contribution in [-0.2, 0) is 4.79 Å². The fourth-order valence-electron chi connectivity index (χ4n) is 2.65. The van der Waals surface area contributed by atoms with Crippen molar-refractivity contribution in [3.8, 4) is 16.3 Å². The molecule has 0 aliphatic carbocycles. The zero-order valence-electron chi connectivity index (χ0n) is 14.1. The molecule has 0 aliphatic heterocycles. The van der Waals surface area contributed by atoms with Gasteiger partial charge in [0.2, 0.25) is 11.0 Å². The highest BCUT2D eigenvalue weighted by atomic mass is 32.1. The SMILES string of the molecule is CC[C@H](C(=O)Nc1nnc(-c2ccccc2OC)s1)c1ccccc1. The summed E-state index contributed by atoms with van der Waals surface area (Å²) in [7, 11) is 1.62. The zero-order valence-corrected chi connectivity index (χ0v) is 14.9. The van der Waals surface area contributed by atoms with Gasteiger partial charge in [-0.3, -0.25) is 10.1 Å². The van der Waals surface area contributed by atoms with Crippen LogP contribution in [0.5, 0.6) is 5.75 Å². The molecule has 128 valence electrons. The maximum Gasteiger partial charge on any atom is 0.233 e. The van der Waals surface area contributed by atoms with Crippen LogP contribution in [0.2, 0.25) is 0 Å². The van der Waals surface area contributed by atoms with Gasteiger partial charge in [0.15, 0.2) is 5.01 Å². The van der Waals surface area contributed by atoms with Crippen molar-refractivity contribution in [2.45, 2.75) is 19.3 Å². The number of anilines is 1. The zero-order chi connectivity index (χ0) is 17.6. The van der Waals surface area contributed by atoms with E-state index in [1.807, 2.05) is 61.5 Å². The number of benzene rings is 2. The van der Waals surface area contributed by atoms with E-state index in [4.69, 9.17) is 4.74 Å². The van der Waals surface area contributed by atoms with Gasteiger partial charge in [0, 0.05) is 0 Å². The third kappa shape index (κ3) is 3.85. The molecule has 0 aliphatic rings.